The monoisotopic (exact) mass is 118 g/mol. The number of halogens is 1. The molecule has 0 bridgehead atoms. The largest absolute Gasteiger partial charge is 0.312 e. The van der Waals surface area contributed by atoms with Crippen molar-refractivity contribution >= 4 is 11.6 Å². The van der Waals surface area contributed by atoms with E-state index in [4.69, 9.17) is 11.6 Å². The predicted molar refractivity (Wildman–Crippen MR) is 31.2 cm³/mol. The van der Waals surface area contributed by atoms with Crippen LogP contribution in [0.1, 0.15) is 12.8 Å². The first-order valence-corrected chi connectivity index (χ1v) is 3.02. The topological polar surface area (TPSA) is 12.0 Å². The molecule has 0 aromatic carbocycles. The van der Waals surface area contributed by atoms with Gasteiger partial charge in [-0.15, -0.1) is 11.6 Å². The molecule has 1 unspecified atom stereocenters. The van der Waals surface area contributed by atoms with Crippen molar-refractivity contribution in [2.24, 2.45) is 0 Å². The van der Waals surface area contributed by atoms with Gasteiger partial charge in [-0.25, -0.2) is 0 Å². The van der Waals surface area contributed by atoms with E-state index in [-0.39, 0.29) is 0 Å². The maximum absolute atomic E-state index is 5.75. The molecule has 0 aromatic rings. The molecule has 1 heterocycles. The van der Waals surface area contributed by atoms with Gasteiger partial charge in [0.05, 0.1) is 0 Å². The number of alkyl halides is 1. The molecule has 2 heteroatoms. The third-order valence-electron chi connectivity index (χ3n) is 1.12. The van der Waals surface area contributed by atoms with Gasteiger partial charge in [0.2, 0.25) is 0 Å². The Morgan fingerprint density at radius 1 is 1.71 bits per heavy atom. The fourth-order valence-electron chi connectivity index (χ4n) is 0.671. The predicted octanol–water partition coefficient (Wildman–Crippen LogP) is 1.14. The average Bonchev–Trinajstić information content (AvgIpc) is 1.69. The van der Waals surface area contributed by atoms with Crippen molar-refractivity contribution < 1.29 is 0 Å². The van der Waals surface area contributed by atoms with E-state index < -0.39 is 0 Å². The number of hydrogen-bond acceptors (Lipinski definition) is 1. The highest BCUT2D eigenvalue weighted by Gasteiger charge is 2.07. The standard InChI is InChI=1S/C5H9ClN/c6-5-1-3-7-4-2-5/h3,5,7H,1-2,4H2. The second kappa shape index (κ2) is 2.53. The Bertz CT molecular complexity index is 50.0. The molecule has 1 atom stereocenters. The highest BCUT2D eigenvalue weighted by molar-refractivity contribution is 6.20. The minimum atomic E-state index is 0.390. The average molecular weight is 119 g/mol. The molecule has 0 aliphatic carbocycles. The molecule has 1 N–H and O–H groups in total. The van der Waals surface area contributed by atoms with Crippen LogP contribution in [0, 0.1) is 6.54 Å². The third-order valence-corrected chi connectivity index (χ3v) is 1.52. The number of hydrogen-bond donors (Lipinski definition) is 1. The summed E-state index contributed by atoms with van der Waals surface area (Å²) in [4.78, 5) is 0. The number of nitrogens with one attached hydrogen (secondary N) is 1. The fourth-order valence-corrected chi connectivity index (χ4v) is 0.869. The molecule has 41 valence electrons. The van der Waals surface area contributed by atoms with Crippen molar-refractivity contribution in [3.05, 3.63) is 6.54 Å². The summed E-state index contributed by atoms with van der Waals surface area (Å²) in [5.74, 6) is 0. The minimum Gasteiger partial charge on any atom is -0.312 e. The normalized spacial score (nSPS) is 25.3. The van der Waals surface area contributed by atoms with E-state index in [1.165, 1.54) is 0 Å². The maximum Gasteiger partial charge on any atom is 0.0363 e. The molecule has 1 aliphatic rings. The minimum absolute atomic E-state index is 0.390. The second-order valence-electron chi connectivity index (χ2n) is 1.78. The number of rotatable bonds is 0. The van der Waals surface area contributed by atoms with Crippen LogP contribution >= 0.6 is 11.6 Å². The van der Waals surface area contributed by atoms with Crippen LogP contribution in [0.5, 0.6) is 0 Å². The van der Waals surface area contributed by atoms with E-state index in [1.807, 2.05) is 6.54 Å². The van der Waals surface area contributed by atoms with Crippen LogP contribution in [-0.4, -0.2) is 11.9 Å². The molecule has 1 radical (unpaired) electrons. The molecule has 1 aliphatic heterocycles. The Morgan fingerprint density at radius 3 is 2.86 bits per heavy atom. The fraction of sp³-hybridized carbons (Fsp3) is 0.800. The summed E-state index contributed by atoms with van der Waals surface area (Å²) in [6, 6.07) is 0. The van der Waals surface area contributed by atoms with Crippen LogP contribution in [0.4, 0.5) is 0 Å². The molecular formula is C5H9ClN. The van der Waals surface area contributed by atoms with Gasteiger partial charge in [0.15, 0.2) is 0 Å². The molecule has 7 heavy (non-hydrogen) atoms. The van der Waals surface area contributed by atoms with Gasteiger partial charge in [-0.2, -0.15) is 0 Å². The van der Waals surface area contributed by atoms with Gasteiger partial charge in [-0.3, -0.25) is 0 Å². The first kappa shape index (κ1) is 5.39. The molecule has 0 aromatic heterocycles. The quantitative estimate of drug-likeness (QED) is 0.471. The summed E-state index contributed by atoms with van der Waals surface area (Å²) < 4.78 is 0. The molecular weight excluding hydrogens is 110 g/mol. The summed E-state index contributed by atoms with van der Waals surface area (Å²) in [5.41, 5.74) is 0. The van der Waals surface area contributed by atoms with E-state index >= 15 is 0 Å². The van der Waals surface area contributed by atoms with Gasteiger partial charge in [0.25, 0.3) is 0 Å². The summed E-state index contributed by atoms with van der Waals surface area (Å²) in [5, 5.41) is 3.50. The summed E-state index contributed by atoms with van der Waals surface area (Å²) in [6.45, 7) is 3.08. The van der Waals surface area contributed by atoms with Gasteiger partial charge >= 0.3 is 0 Å². The Balaban J connectivity index is 2.12. The molecule has 1 nitrogen and oxygen atoms in total. The van der Waals surface area contributed by atoms with Crippen molar-refractivity contribution in [2.75, 3.05) is 6.54 Å². The van der Waals surface area contributed by atoms with Crippen LogP contribution in [0.25, 0.3) is 0 Å². The van der Waals surface area contributed by atoms with E-state index in [0.29, 0.717) is 5.38 Å². The van der Waals surface area contributed by atoms with Crippen molar-refractivity contribution in [3.63, 3.8) is 0 Å². The van der Waals surface area contributed by atoms with Crippen LogP contribution in [0.2, 0.25) is 0 Å². The van der Waals surface area contributed by atoms with Crippen LogP contribution in [0.3, 0.4) is 0 Å². The van der Waals surface area contributed by atoms with E-state index in [1.54, 1.807) is 0 Å². The van der Waals surface area contributed by atoms with Crippen molar-refractivity contribution in [1.29, 1.82) is 0 Å². The van der Waals surface area contributed by atoms with Gasteiger partial charge in [-0.1, -0.05) is 0 Å². The lowest BCUT2D eigenvalue weighted by Gasteiger charge is -2.14. The Labute approximate surface area is 49.0 Å². The van der Waals surface area contributed by atoms with Crippen molar-refractivity contribution in [1.82, 2.24) is 5.32 Å². The Morgan fingerprint density at radius 2 is 2.57 bits per heavy atom. The zero-order chi connectivity index (χ0) is 5.11. The van der Waals surface area contributed by atoms with Gasteiger partial charge in [0.1, 0.15) is 0 Å². The lowest BCUT2D eigenvalue weighted by molar-refractivity contribution is 0.587. The lowest BCUT2D eigenvalue weighted by Crippen LogP contribution is -2.23. The smallest absolute Gasteiger partial charge is 0.0363 e. The number of piperidine rings is 1. The maximum atomic E-state index is 5.75. The highest BCUT2D eigenvalue weighted by Crippen LogP contribution is 2.10. The Kier molecular flexibility index (Phi) is 1.95. The Hall–Kier alpha value is 0.250. The van der Waals surface area contributed by atoms with Crippen LogP contribution < -0.4 is 5.32 Å². The zero-order valence-electron chi connectivity index (χ0n) is 4.15. The van der Waals surface area contributed by atoms with E-state index in [9.17, 15) is 0 Å². The van der Waals surface area contributed by atoms with Gasteiger partial charge in [0, 0.05) is 11.9 Å². The first-order chi connectivity index (χ1) is 3.39. The second-order valence-corrected chi connectivity index (χ2v) is 2.40. The van der Waals surface area contributed by atoms with E-state index in [0.717, 1.165) is 19.4 Å². The molecule has 0 saturated carbocycles. The summed E-state index contributed by atoms with van der Waals surface area (Å²) >= 11 is 5.75. The first-order valence-electron chi connectivity index (χ1n) is 2.59. The molecule has 1 rings (SSSR count). The summed E-state index contributed by atoms with van der Waals surface area (Å²) in [6.07, 6.45) is 2.12. The molecule has 1 saturated heterocycles. The molecule has 1 fully saturated rings. The van der Waals surface area contributed by atoms with Crippen molar-refractivity contribution in [3.8, 4) is 0 Å². The van der Waals surface area contributed by atoms with Gasteiger partial charge in [-0.05, 0) is 19.4 Å². The highest BCUT2D eigenvalue weighted by atomic mass is 35.5. The van der Waals surface area contributed by atoms with Crippen molar-refractivity contribution in [2.45, 2.75) is 18.2 Å². The van der Waals surface area contributed by atoms with Crippen LogP contribution in [-0.2, 0) is 0 Å². The summed E-state index contributed by atoms with van der Waals surface area (Å²) in [7, 11) is 0. The zero-order valence-corrected chi connectivity index (χ0v) is 4.91. The molecule has 0 amide bonds. The third kappa shape index (κ3) is 1.66. The van der Waals surface area contributed by atoms with Gasteiger partial charge < -0.3 is 5.32 Å². The van der Waals surface area contributed by atoms with Crippen LogP contribution in [0.15, 0.2) is 0 Å². The molecule has 0 spiro atoms. The van der Waals surface area contributed by atoms with E-state index in [2.05, 4.69) is 5.32 Å². The lowest BCUT2D eigenvalue weighted by atomic mass is 10.2. The SMILES string of the molecule is ClC1C[CH]NCC1.